The van der Waals surface area contributed by atoms with Crippen LogP contribution in [-0.2, 0) is 10.9 Å². The molecular weight excluding hydrogens is 639 g/mol. The van der Waals surface area contributed by atoms with E-state index in [0.717, 1.165) is 18.6 Å². The average Bonchev–Trinajstić information content (AvgIpc) is 3.67. The Hall–Kier alpha value is -4.36. The van der Waals surface area contributed by atoms with E-state index in [9.17, 15) is 31.5 Å². The molecule has 19 heteroatoms. The van der Waals surface area contributed by atoms with Crippen molar-refractivity contribution in [2.75, 3.05) is 35.9 Å². The highest BCUT2D eigenvalue weighted by atomic mass is 32.1. The summed E-state index contributed by atoms with van der Waals surface area (Å²) in [5.41, 5.74) is -0.191. The summed E-state index contributed by atoms with van der Waals surface area (Å²) in [6, 6.07) is 5.37. The van der Waals surface area contributed by atoms with Gasteiger partial charge in [0.2, 0.25) is 10.1 Å². The molecule has 2 aromatic heterocycles. The molecule has 12 nitrogen and oxygen atoms in total. The van der Waals surface area contributed by atoms with Crippen molar-refractivity contribution < 1.29 is 50.5 Å². The molecule has 0 aliphatic carbocycles. The normalized spacial score (nSPS) is 19.9. The molecule has 0 radical (unpaired) electrons. The fourth-order valence-electron chi connectivity index (χ4n) is 5.13. The summed E-state index contributed by atoms with van der Waals surface area (Å²) in [5.74, 6) is -2.74. The maximum atomic E-state index is 13.9. The van der Waals surface area contributed by atoms with E-state index in [1.165, 1.54) is 18.4 Å². The Morgan fingerprint density at radius 2 is 1.77 bits per heavy atom. The minimum absolute atomic E-state index is 0.0518. The number of nitrogens with one attached hydrogen (secondary N) is 2. The molecule has 4 aromatic rings. The number of amides is 2. The Kier molecular flexibility index (Phi) is 6.52. The molecule has 0 saturated carbocycles. The topological polar surface area (TPSA) is 137 Å². The average molecular weight is 657 g/mol. The SMILES string of the molecule is COc1ccc2nc(N3C4COCC3C4)sc2c1C(=O)Nc1cc2c(cc1C(=O)Nc1nnc(C(F)(F)F)s1)OC(F)(F)O2. The van der Waals surface area contributed by atoms with E-state index in [1.54, 1.807) is 12.1 Å². The number of hydrogen-bond donors (Lipinski definition) is 2. The Morgan fingerprint density at radius 3 is 2.43 bits per heavy atom. The van der Waals surface area contributed by atoms with E-state index >= 15 is 0 Å². The lowest BCUT2D eigenvalue weighted by Gasteiger charge is -2.52. The number of thiazole rings is 1. The fourth-order valence-corrected chi connectivity index (χ4v) is 6.98. The molecule has 2 fully saturated rings. The van der Waals surface area contributed by atoms with Crippen LogP contribution in [0.2, 0.25) is 0 Å². The summed E-state index contributed by atoms with van der Waals surface area (Å²) in [5, 5.41) is 9.82. The molecule has 2 aromatic carbocycles. The van der Waals surface area contributed by atoms with Gasteiger partial charge in [0.05, 0.1) is 53.9 Å². The third-order valence-corrected chi connectivity index (χ3v) is 9.04. The first kappa shape index (κ1) is 28.4. The highest BCUT2D eigenvalue weighted by Crippen LogP contribution is 2.46. The number of halogens is 5. The van der Waals surface area contributed by atoms with Crippen LogP contribution in [0, 0.1) is 0 Å². The number of morpholine rings is 1. The zero-order valence-corrected chi connectivity index (χ0v) is 23.7. The quantitative estimate of drug-likeness (QED) is 0.274. The van der Waals surface area contributed by atoms with Crippen LogP contribution in [0.25, 0.3) is 10.2 Å². The first-order valence-electron chi connectivity index (χ1n) is 12.7. The molecule has 2 N–H and O–H groups in total. The first-order valence-corrected chi connectivity index (χ1v) is 14.3. The fraction of sp³-hybridized carbons (Fsp3) is 0.320. The van der Waals surface area contributed by atoms with Gasteiger partial charge in [-0.1, -0.05) is 22.7 Å². The number of carbonyl (C=O) groups excluding carboxylic acids is 2. The van der Waals surface area contributed by atoms with Crippen molar-refractivity contribution in [1.29, 1.82) is 0 Å². The number of rotatable bonds is 6. The molecule has 2 saturated heterocycles. The summed E-state index contributed by atoms with van der Waals surface area (Å²) in [6.07, 6.45) is -7.90. The molecule has 5 heterocycles. The monoisotopic (exact) mass is 656 g/mol. The van der Waals surface area contributed by atoms with Crippen LogP contribution in [0.3, 0.4) is 0 Å². The van der Waals surface area contributed by atoms with Gasteiger partial charge in [-0.25, -0.2) is 4.98 Å². The van der Waals surface area contributed by atoms with Gasteiger partial charge in [0.1, 0.15) is 11.3 Å². The number of benzene rings is 2. The van der Waals surface area contributed by atoms with E-state index in [0.29, 0.717) is 28.6 Å². The number of ether oxygens (including phenoxy) is 4. The predicted octanol–water partition coefficient (Wildman–Crippen LogP) is 4.98. The molecule has 0 spiro atoms. The van der Waals surface area contributed by atoms with Crippen LogP contribution < -0.4 is 29.7 Å². The molecule has 230 valence electrons. The molecule has 2 bridgehead atoms. The van der Waals surface area contributed by atoms with Crippen LogP contribution in [-0.4, -0.2) is 65.7 Å². The second kappa shape index (κ2) is 10.1. The van der Waals surface area contributed by atoms with Crippen LogP contribution in [0.4, 0.5) is 37.9 Å². The number of aromatic nitrogens is 3. The summed E-state index contributed by atoms with van der Waals surface area (Å²) < 4.78 is 87.0. The largest absolute Gasteiger partial charge is 0.586 e. The van der Waals surface area contributed by atoms with E-state index in [2.05, 4.69) is 35.2 Å². The van der Waals surface area contributed by atoms with Gasteiger partial charge in [0.25, 0.3) is 11.8 Å². The van der Waals surface area contributed by atoms with Gasteiger partial charge < -0.3 is 29.2 Å². The van der Waals surface area contributed by atoms with E-state index in [4.69, 9.17) is 14.5 Å². The standard InChI is InChI=1S/C25H17F5N6O6S2/c1-39-14-3-2-12-18(43-23(32-12)36-9-4-10(36)8-40-7-9)17(14)20(38)31-13-6-16-15(41-25(29,30)42-16)5-11(13)19(37)33-22-35-34-21(44-22)24(26,27)28/h2-3,5-6,9-10H,4,7-8H2,1H3,(H,31,38)(H,33,35,37). The predicted molar refractivity (Wildman–Crippen MR) is 145 cm³/mol. The zero-order valence-electron chi connectivity index (χ0n) is 22.0. The minimum Gasteiger partial charge on any atom is -0.496 e. The second-order valence-electron chi connectivity index (χ2n) is 9.81. The summed E-state index contributed by atoms with van der Waals surface area (Å²) in [4.78, 5) is 33.8. The van der Waals surface area contributed by atoms with Gasteiger partial charge in [0.15, 0.2) is 16.6 Å². The number of carbonyl (C=O) groups is 2. The number of methoxy groups -OCH3 is 1. The van der Waals surface area contributed by atoms with Crippen LogP contribution in [0.15, 0.2) is 24.3 Å². The van der Waals surface area contributed by atoms with Crippen LogP contribution >= 0.6 is 22.7 Å². The third kappa shape index (κ3) is 4.89. The van der Waals surface area contributed by atoms with Crippen molar-refractivity contribution in [1.82, 2.24) is 15.2 Å². The van der Waals surface area contributed by atoms with Crippen molar-refractivity contribution >= 4 is 60.7 Å². The highest BCUT2D eigenvalue weighted by molar-refractivity contribution is 7.22. The van der Waals surface area contributed by atoms with Crippen LogP contribution in [0.1, 0.15) is 32.1 Å². The van der Waals surface area contributed by atoms with Crippen molar-refractivity contribution in [3.05, 3.63) is 40.4 Å². The Bertz CT molecular complexity index is 1820. The zero-order chi connectivity index (χ0) is 31.0. The van der Waals surface area contributed by atoms with Gasteiger partial charge in [0, 0.05) is 6.07 Å². The summed E-state index contributed by atoms with van der Waals surface area (Å²) in [7, 11) is 1.36. The summed E-state index contributed by atoms with van der Waals surface area (Å²) in [6.45, 7) is 1.12. The van der Waals surface area contributed by atoms with Gasteiger partial charge in [-0.15, -0.1) is 19.0 Å². The van der Waals surface area contributed by atoms with Crippen molar-refractivity contribution in [2.45, 2.75) is 31.0 Å². The lowest BCUT2D eigenvalue weighted by molar-refractivity contribution is -0.286. The Morgan fingerprint density at radius 1 is 1.05 bits per heavy atom. The second-order valence-corrected chi connectivity index (χ2v) is 11.8. The molecular formula is C25H17F5N6O6S2. The minimum atomic E-state index is -4.80. The first-order chi connectivity index (χ1) is 20.9. The Balaban J connectivity index is 1.24. The van der Waals surface area contributed by atoms with Gasteiger partial charge >= 0.3 is 12.5 Å². The van der Waals surface area contributed by atoms with Crippen LogP contribution in [0.5, 0.6) is 17.2 Å². The smallest absolute Gasteiger partial charge is 0.496 e. The molecule has 2 unspecified atom stereocenters. The lowest BCUT2D eigenvalue weighted by Crippen LogP contribution is -2.64. The molecule has 2 atom stereocenters. The van der Waals surface area contributed by atoms with E-state index in [1.807, 2.05) is 0 Å². The lowest BCUT2D eigenvalue weighted by atomic mass is 9.92. The van der Waals surface area contributed by atoms with Crippen molar-refractivity contribution in [2.24, 2.45) is 0 Å². The molecule has 3 aliphatic heterocycles. The number of nitrogens with zero attached hydrogens (tertiary/aromatic N) is 4. The maximum Gasteiger partial charge on any atom is 0.586 e. The number of anilines is 3. The van der Waals surface area contributed by atoms with Crippen molar-refractivity contribution in [3.63, 3.8) is 0 Å². The number of alkyl halides is 5. The molecule has 3 aliphatic rings. The summed E-state index contributed by atoms with van der Waals surface area (Å²) >= 11 is 1.31. The number of fused-ring (bicyclic) bond motifs is 4. The van der Waals surface area contributed by atoms with E-state index < -0.39 is 51.5 Å². The highest BCUT2D eigenvalue weighted by Gasteiger charge is 2.45. The van der Waals surface area contributed by atoms with Crippen molar-refractivity contribution in [3.8, 4) is 17.2 Å². The molecule has 44 heavy (non-hydrogen) atoms. The van der Waals surface area contributed by atoms with Gasteiger partial charge in [-0.05, 0) is 24.6 Å². The molecule has 2 amide bonds. The number of hydrogen-bond acceptors (Lipinski definition) is 12. The molecule has 7 rings (SSSR count). The Labute approximate surface area is 250 Å². The van der Waals surface area contributed by atoms with Gasteiger partial charge in [-0.3, -0.25) is 14.9 Å². The maximum absolute atomic E-state index is 13.9. The van der Waals surface area contributed by atoms with E-state index in [-0.39, 0.29) is 40.4 Å². The third-order valence-electron chi connectivity index (χ3n) is 7.05. The van der Waals surface area contributed by atoms with Gasteiger partial charge in [-0.2, -0.15) is 13.2 Å².